The van der Waals surface area contributed by atoms with Crippen molar-refractivity contribution < 1.29 is 81.4 Å². The van der Waals surface area contributed by atoms with Crippen molar-refractivity contribution in [3.8, 4) is 0 Å². The van der Waals surface area contributed by atoms with Crippen molar-refractivity contribution in [2.45, 2.75) is 0 Å². The molecule has 0 bridgehead atoms. The fourth-order valence-corrected chi connectivity index (χ4v) is 0.478. The van der Waals surface area contributed by atoms with Gasteiger partial charge in [0.25, 0.3) is 0 Å². The van der Waals surface area contributed by atoms with E-state index in [2.05, 4.69) is 6.92 Å². The summed E-state index contributed by atoms with van der Waals surface area (Å²) in [5, 5.41) is 0. The van der Waals surface area contributed by atoms with Crippen LogP contribution in [0.3, 0.4) is 0 Å². The Morgan fingerprint density at radius 2 is 1.25 bits per heavy atom. The molecule has 2 N–H and O–H groups in total. The zero-order valence-corrected chi connectivity index (χ0v) is 13.5. The van der Waals surface area contributed by atoms with Crippen molar-refractivity contribution in [2.75, 3.05) is 0 Å². The van der Waals surface area contributed by atoms with E-state index in [1.165, 1.54) is 0 Å². The fourth-order valence-electron chi connectivity index (χ4n) is 0.478. The van der Waals surface area contributed by atoms with Crippen molar-refractivity contribution in [3.63, 3.8) is 0 Å². The topological polar surface area (TPSA) is 33.5 Å². The summed E-state index contributed by atoms with van der Waals surface area (Å²) >= 11 is 0. The molecular weight excluding hydrogens is 582 g/mol. The zero-order valence-electron chi connectivity index (χ0n) is 6.12. The van der Waals surface area contributed by atoms with E-state index < -0.39 is 0 Å². The number of nitrogens with two attached hydrogens (primary N) is 1. The molecule has 1 nitrogen and oxygen atoms in total. The number of rotatable bonds is 0. The van der Waals surface area contributed by atoms with E-state index in [9.17, 15) is 0 Å². The molecule has 0 aromatic heterocycles. The summed E-state index contributed by atoms with van der Waals surface area (Å²) in [5.74, 6) is 0. The van der Waals surface area contributed by atoms with Crippen molar-refractivity contribution in [2.24, 2.45) is 0 Å². The predicted molar refractivity (Wildman–Crippen MR) is 36.2 cm³/mol. The largest absolute Gasteiger partial charge is 1.00 e. The van der Waals surface area contributed by atoms with E-state index in [4.69, 9.17) is 0 Å². The average Bonchev–Trinajstić information content (AvgIpc) is 1.69. The molecule has 0 saturated carbocycles. The minimum Gasteiger partial charge on any atom is -1.00 e. The maximum absolute atomic E-state index is 3.72. The summed E-state index contributed by atoms with van der Waals surface area (Å²) in [5.41, 5.74) is 1.07. The van der Waals surface area contributed by atoms with Crippen LogP contribution in [0.4, 0.5) is 0 Å². The number of benzene rings is 1. The molecule has 0 spiro atoms. The van der Waals surface area contributed by atoms with Crippen LogP contribution in [0.15, 0.2) is 30.3 Å². The van der Waals surface area contributed by atoms with E-state index in [1.807, 2.05) is 30.3 Å². The van der Waals surface area contributed by atoms with Gasteiger partial charge in [-0.05, 0) is 0 Å². The Hall–Kier alpha value is 1.49. The van der Waals surface area contributed by atoms with Gasteiger partial charge >= 0.3 is 0 Å². The quantitative estimate of drug-likeness (QED) is 0.213. The maximum Gasteiger partial charge on any atom is 0 e. The third-order valence-corrected chi connectivity index (χ3v) is 0.843. The molecule has 0 fully saturated rings. The smallest absolute Gasteiger partial charge is 0 e. The third-order valence-electron chi connectivity index (χ3n) is 0.843. The third kappa shape index (κ3) is 14.0. The van der Waals surface area contributed by atoms with Crippen LogP contribution in [0.2, 0.25) is 0 Å². The molecule has 0 atom stereocenters. The van der Waals surface area contributed by atoms with Gasteiger partial charge < -0.3 is 66.5 Å². The maximum atomic E-state index is 3.72. The fraction of sp³-hybridized carbons (Fsp3) is 0. The van der Waals surface area contributed by atoms with E-state index in [1.54, 1.807) is 0 Å². The SMILES string of the molecule is [CH2-]c1ccccc1.[Cl-].[I-].[I-].[NH2-].[Pt]. The molecule has 78 valence electrons. The van der Waals surface area contributed by atoms with E-state index in [-0.39, 0.29) is 87.6 Å². The molecule has 5 heteroatoms. The Kier molecular flexibility index (Phi) is 44.5. The predicted octanol–water partition coefficient (Wildman–Crippen LogP) is -6.40. The Bertz CT molecular complexity index is 151. The van der Waals surface area contributed by atoms with E-state index in [0.717, 1.165) is 5.56 Å². The minimum absolute atomic E-state index is 0. The molecule has 0 aliphatic carbocycles. The van der Waals surface area contributed by atoms with Gasteiger partial charge in [-0.3, -0.25) is 0 Å². The van der Waals surface area contributed by atoms with Crippen LogP contribution >= 0.6 is 0 Å². The second-order valence-electron chi connectivity index (χ2n) is 1.49. The van der Waals surface area contributed by atoms with Gasteiger partial charge in [0, 0.05) is 21.1 Å². The van der Waals surface area contributed by atoms with Crippen LogP contribution in [0.5, 0.6) is 0 Å². The summed E-state index contributed by atoms with van der Waals surface area (Å²) in [6.45, 7) is 3.72. The summed E-state index contributed by atoms with van der Waals surface area (Å²) in [4.78, 5) is 0. The Morgan fingerprint density at radius 1 is 0.917 bits per heavy atom. The van der Waals surface area contributed by atoms with Crippen molar-refractivity contribution in [3.05, 3.63) is 49.0 Å². The first-order valence-corrected chi connectivity index (χ1v) is 2.26. The Labute approximate surface area is 129 Å². The second-order valence-corrected chi connectivity index (χ2v) is 1.49. The van der Waals surface area contributed by atoms with Crippen molar-refractivity contribution in [1.82, 2.24) is 0 Å². The first kappa shape index (κ1) is 29.2. The van der Waals surface area contributed by atoms with Gasteiger partial charge in [-0.25, -0.2) is 0 Å². The standard InChI is InChI=1S/C7H7.ClH.2HI.H2N.Pt/c1-7-5-3-2-4-6-7;;;;;/h2-6H,1H2;3*1H;1H2;/q-1;;;;-1;/p-3. The van der Waals surface area contributed by atoms with Gasteiger partial charge in [-0.1, -0.05) is 6.07 Å². The molecule has 0 saturated heterocycles. The van der Waals surface area contributed by atoms with E-state index in [0.29, 0.717) is 0 Å². The van der Waals surface area contributed by atoms with Crippen LogP contribution in [0.25, 0.3) is 6.15 Å². The zero-order chi connectivity index (χ0) is 5.11. The van der Waals surface area contributed by atoms with Gasteiger partial charge in [0.05, 0.1) is 0 Å². The molecular formula is C7H9ClI2NPt-5. The second kappa shape index (κ2) is 18.3. The Morgan fingerprint density at radius 3 is 1.42 bits per heavy atom. The van der Waals surface area contributed by atoms with Gasteiger partial charge in [-0.2, -0.15) is 24.6 Å². The summed E-state index contributed by atoms with van der Waals surface area (Å²) in [6.07, 6.45) is 0. The summed E-state index contributed by atoms with van der Waals surface area (Å²) < 4.78 is 0. The summed E-state index contributed by atoms with van der Waals surface area (Å²) in [6, 6.07) is 9.87. The van der Waals surface area contributed by atoms with E-state index >= 15 is 0 Å². The molecule has 1 rings (SSSR count). The van der Waals surface area contributed by atoms with Gasteiger partial charge in [0.2, 0.25) is 0 Å². The van der Waals surface area contributed by atoms with Crippen molar-refractivity contribution >= 4 is 0 Å². The Balaban J connectivity index is -0.0000000327. The molecule has 0 unspecified atom stereocenters. The number of halogens is 3. The molecule has 1 aromatic rings. The molecule has 1 aromatic carbocycles. The molecule has 12 heavy (non-hydrogen) atoms. The number of hydrogen-bond donors (Lipinski definition) is 0. The average molecular weight is 591 g/mol. The van der Waals surface area contributed by atoms with Gasteiger partial charge in [0.15, 0.2) is 0 Å². The van der Waals surface area contributed by atoms with Crippen molar-refractivity contribution in [1.29, 1.82) is 0 Å². The monoisotopic (exact) mass is 591 g/mol. The minimum atomic E-state index is 0. The molecule has 0 radical (unpaired) electrons. The first-order valence-electron chi connectivity index (χ1n) is 2.26. The van der Waals surface area contributed by atoms with Crippen LogP contribution in [0, 0.1) is 6.92 Å². The molecule has 0 aliphatic heterocycles. The van der Waals surface area contributed by atoms with Gasteiger partial charge in [-0.15, -0.1) is 12.1 Å². The molecule has 0 amide bonds. The summed E-state index contributed by atoms with van der Waals surface area (Å²) in [7, 11) is 0. The number of hydrogen-bond acceptors (Lipinski definition) is 0. The van der Waals surface area contributed by atoms with Crippen LogP contribution in [-0.2, 0) is 21.1 Å². The van der Waals surface area contributed by atoms with Crippen LogP contribution in [0.1, 0.15) is 5.56 Å². The van der Waals surface area contributed by atoms with Gasteiger partial charge in [0.1, 0.15) is 0 Å². The normalized spacial score (nSPS) is 5.00. The van der Waals surface area contributed by atoms with Crippen LogP contribution < -0.4 is 60.4 Å². The molecule has 0 heterocycles. The first-order chi connectivity index (χ1) is 3.39. The van der Waals surface area contributed by atoms with Crippen LogP contribution in [-0.4, -0.2) is 0 Å². The molecule has 0 aliphatic rings.